The van der Waals surface area contributed by atoms with Crippen molar-refractivity contribution < 1.29 is 4.42 Å². The predicted molar refractivity (Wildman–Crippen MR) is 114 cm³/mol. The molecule has 0 saturated heterocycles. The summed E-state index contributed by atoms with van der Waals surface area (Å²) in [7, 11) is 0. The molecule has 0 N–H and O–H groups in total. The number of benzene rings is 1. The quantitative estimate of drug-likeness (QED) is 0.352. The van der Waals surface area contributed by atoms with Gasteiger partial charge in [0.25, 0.3) is 0 Å². The number of rotatable bonds is 4. The fraction of sp³-hybridized carbons (Fsp3) is 0.190. The van der Waals surface area contributed by atoms with Gasteiger partial charge < -0.3 is 4.42 Å². The predicted octanol–water partition coefficient (Wildman–Crippen LogP) is 5.82. The average Bonchev–Trinajstić information content (AvgIpc) is 3.36. The maximum absolute atomic E-state index is 5.91. The van der Waals surface area contributed by atoms with E-state index in [0.29, 0.717) is 11.6 Å². The number of thiophene rings is 1. The molecule has 5 rings (SSSR count). The fourth-order valence-corrected chi connectivity index (χ4v) is 5.01. The van der Waals surface area contributed by atoms with Crippen LogP contribution >= 0.6 is 23.1 Å². The summed E-state index contributed by atoms with van der Waals surface area (Å²) in [4.78, 5) is 4.71. The maximum Gasteiger partial charge on any atom is 0.226 e. The molecule has 0 amide bonds. The minimum atomic E-state index is 0.663. The smallest absolute Gasteiger partial charge is 0.226 e. The highest BCUT2D eigenvalue weighted by Crippen LogP contribution is 2.33. The van der Waals surface area contributed by atoms with E-state index in [1.54, 1.807) is 23.1 Å². The number of hydrogen-bond donors (Lipinski definition) is 0. The van der Waals surface area contributed by atoms with Crippen molar-refractivity contribution in [3.8, 4) is 11.5 Å². The first-order chi connectivity index (χ1) is 13.6. The van der Waals surface area contributed by atoms with E-state index in [1.807, 2.05) is 26.0 Å². The molecule has 0 aliphatic rings. The van der Waals surface area contributed by atoms with Crippen molar-refractivity contribution in [1.82, 2.24) is 19.6 Å². The largest absolute Gasteiger partial charge is 0.441 e. The Hall–Kier alpha value is -2.64. The van der Waals surface area contributed by atoms with Crippen LogP contribution in [0.3, 0.4) is 0 Å². The molecular weight excluding hydrogens is 388 g/mol. The minimum absolute atomic E-state index is 0.663. The topological polar surface area (TPSA) is 56.2 Å². The highest BCUT2D eigenvalue weighted by atomic mass is 32.2. The number of thioether (sulfide) groups is 1. The molecule has 0 unspecified atom stereocenters. The lowest BCUT2D eigenvalue weighted by Crippen LogP contribution is -2.00. The summed E-state index contributed by atoms with van der Waals surface area (Å²) in [5.41, 5.74) is 5.44. The van der Waals surface area contributed by atoms with Crippen LogP contribution in [0.1, 0.15) is 22.8 Å². The van der Waals surface area contributed by atoms with E-state index in [0.717, 1.165) is 33.4 Å². The molecule has 0 spiro atoms. The van der Waals surface area contributed by atoms with Crippen molar-refractivity contribution in [2.75, 3.05) is 0 Å². The van der Waals surface area contributed by atoms with Crippen molar-refractivity contribution in [3.05, 3.63) is 64.6 Å². The summed E-state index contributed by atoms with van der Waals surface area (Å²) in [5.74, 6) is 3.09. The van der Waals surface area contributed by atoms with Crippen LogP contribution in [-0.2, 0) is 5.75 Å². The van der Waals surface area contributed by atoms with E-state index in [9.17, 15) is 0 Å². The standard InChI is InChI=1S/C21H18N4OS2/c1-12-4-6-15(7-5-12)20-22-16(13(2)26-20)11-28-21-18-10-19-17(8-9-27-19)25(18)14(3)23-24-21/h4-10H,11H2,1-3H3. The summed E-state index contributed by atoms with van der Waals surface area (Å²) >= 11 is 3.38. The van der Waals surface area contributed by atoms with Gasteiger partial charge in [0.2, 0.25) is 5.89 Å². The first kappa shape index (κ1) is 17.5. The van der Waals surface area contributed by atoms with Crippen LogP contribution in [0.15, 0.2) is 51.2 Å². The SMILES string of the molecule is Cc1ccc(-c2nc(CSc3nnc(C)n4c3cc3sccc34)c(C)o2)cc1. The molecule has 4 heterocycles. The highest BCUT2D eigenvalue weighted by Gasteiger charge is 2.16. The number of nitrogens with zero attached hydrogens (tertiary/aromatic N) is 4. The highest BCUT2D eigenvalue weighted by molar-refractivity contribution is 7.98. The molecule has 140 valence electrons. The molecule has 0 aliphatic carbocycles. The van der Waals surface area contributed by atoms with Gasteiger partial charge in [-0.2, -0.15) is 0 Å². The van der Waals surface area contributed by atoms with Crippen LogP contribution in [0.5, 0.6) is 0 Å². The molecule has 0 saturated carbocycles. The first-order valence-electron chi connectivity index (χ1n) is 8.98. The normalized spacial score (nSPS) is 11.7. The molecular formula is C21H18N4OS2. The van der Waals surface area contributed by atoms with Gasteiger partial charge in [-0.05, 0) is 50.4 Å². The van der Waals surface area contributed by atoms with Gasteiger partial charge >= 0.3 is 0 Å². The van der Waals surface area contributed by atoms with E-state index >= 15 is 0 Å². The monoisotopic (exact) mass is 406 g/mol. The van der Waals surface area contributed by atoms with Gasteiger partial charge in [-0.3, -0.25) is 4.40 Å². The third-order valence-electron chi connectivity index (χ3n) is 4.79. The number of hydrogen-bond acceptors (Lipinski definition) is 6. The molecule has 4 aromatic heterocycles. The van der Waals surface area contributed by atoms with Gasteiger partial charge in [0, 0.05) is 11.3 Å². The number of aryl methyl sites for hydroxylation is 3. The Labute approximate surface area is 170 Å². The van der Waals surface area contributed by atoms with Crippen molar-refractivity contribution in [2.45, 2.75) is 31.6 Å². The van der Waals surface area contributed by atoms with E-state index < -0.39 is 0 Å². The number of aromatic nitrogens is 4. The lowest BCUT2D eigenvalue weighted by Gasteiger charge is -2.05. The van der Waals surface area contributed by atoms with Crippen molar-refractivity contribution in [3.63, 3.8) is 0 Å². The Balaban J connectivity index is 1.45. The Bertz CT molecular complexity index is 1300. The Kier molecular flexibility index (Phi) is 4.21. The van der Waals surface area contributed by atoms with Crippen LogP contribution in [0.25, 0.3) is 27.2 Å². The third kappa shape index (κ3) is 2.91. The second-order valence-electron chi connectivity index (χ2n) is 6.76. The minimum Gasteiger partial charge on any atom is -0.441 e. The molecule has 1 aromatic carbocycles. The fourth-order valence-electron chi connectivity index (χ4n) is 3.27. The Morgan fingerprint density at radius 3 is 2.68 bits per heavy atom. The zero-order valence-electron chi connectivity index (χ0n) is 15.8. The molecule has 7 heteroatoms. The van der Waals surface area contributed by atoms with Crippen LogP contribution in [0.4, 0.5) is 0 Å². The summed E-state index contributed by atoms with van der Waals surface area (Å²) in [5, 5.41) is 11.8. The first-order valence-corrected chi connectivity index (χ1v) is 10.8. The molecule has 0 fully saturated rings. The summed E-state index contributed by atoms with van der Waals surface area (Å²) in [6, 6.07) is 12.5. The van der Waals surface area contributed by atoms with Crippen LogP contribution < -0.4 is 0 Å². The van der Waals surface area contributed by atoms with E-state index in [1.165, 1.54) is 15.8 Å². The summed E-state index contributed by atoms with van der Waals surface area (Å²) < 4.78 is 9.33. The van der Waals surface area contributed by atoms with Gasteiger partial charge in [0.05, 0.1) is 21.4 Å². The second-order valence-corrected chi connectivity index (χ2v) is 8.68. The van der Waals surface area contributed by atoms with Gasteiger partial charge in [-0.1, -0.05) is 29.5 Å². The zero-order chi connectivity index (χ0) is 19.3. The summed E-state index contributed by atoms with van der Waals surface area (Å²) in [6.07, 6.45) is 0. The van der Waals surface area contributed by atoms with Crippen molar-refractivity contribution in [2.24, 2.45) is 0 Å². The lowest BCUT2D eigenvalue weighted by atomic mass is 10.1. The maximum atomic E-state index is 5.91. The van der Waals surface area contributed by atoms with E-state index in [2.05, 4.69) is 51.2 Å². The molecule has 28 heavy (non-hydrogen) atoms. The molecule has 0 radical (unpaired) electrons. The van der Waals surface area contributed by atoms with Crippen molar-refractivity contribution >= 4 is 38.8 Å². The molecule has 0 aliphatic heterocycles. The lowest BCUT2D eigenvalue weighted by molar-refractivity contribution is 0.540. The van der Waals surface area contributed by atoms with Gasteiger partial charge in [0.1, 0.15) is 16.6 Å². The van der Waals surface area contributed by atoms with E-state index in [-0.39, 0.29) is 0 Å². The average molecular weight is 407 g/mol. The van der Waals surface area contributed by atoms with Crippen LogP contribution in [0, 0.1) is 20.8 Å². The number of fused-ring (bicyclic) bond motifs is 3. The van der Waals surface area contributed by atoms with E-state index in [4.69, 9.17) is 9.40 Å². The molecule has 0 atom stereocenters. The summed E-state index contributed by atoms with van der Waals surface area (Å²) in [6.45, 7) is 6.02. The van der Waals surface area contributed by atoms with Gasteiger partial charge in [-0.15, -0.1) is 21.5 Å². The molecule has 5 aromatic rings. The molecule has 5 nitrogen and oxygen atoms in total. The van der Waals surface area contributed by atoms with Crippen LogP contribution in [-0.4, -0.2) is 19.6 Å². The van der Waals surface area contributed by atoms with Gasteiger partial charge in [-0.25, -0.2) is 4.98 Å². The Morgan fingerprint density at radius 2 is 1.86 bits per heavy atom. The molecule has 0 bridgehead atoms. The zero-order valence-corrected chi connectivity index (χ0v) is 17.4. The Morgan fingerprint density at radius 1 is 1.04 bits per heavy atom. The van der Waals surface area contributed by atoms with Crippen LogP contribution in [0.2, 0.25) is 0 Å². The van der Waals surface area contributed by atoms with Crippen molar-refractivity contribution in [1.29, 1.82) is 0 Å². The third-order valence-corrected chi connectivity index (χ3v) is 6.62. The number of oxazole rings is 1. The van der Waals surface area contributed by atoms with Gasteiger partial charge in [0.15, 0.2) is 0 Å². The second kappa shape index (κ2) is 6.76.